The van der Waals surface area contributed by atoms with Crippen molar-refractivity contribution in [2.24, 2.45) is 5.92 Å². The minimum atomic E-state index is -0.0150. The third-order valence-electron chi connectivity index (χ3n) is 3.04. The van der Waals surface area contributed by atoms with Crippen molar-refractivity contribution in [3.8, 4) is 0 Å². The maximum atomic E-state index is 9.64. The van der Waals surface area contributed by atoms with E-state index < -0.39 is 0 Å². The third-order valence-corrected chi connectivity index (χ3v) is 3.04. The molecular weight excluding hydrogens is 126 g/mol. The van der Waals surface area contributed by atoms with E-state index in [1.165, 1.54) is 19.3 Å². The van der Waals surface area contributed by atoms with E-state index in [2.05, 4.69) is 11.9 Å². The molecule has 2 aliphatic rings. The molecule has 2 rings (SSSR count). The Bertz CT molecular complexity index is 137. The lowest BCUT2D eigenvalue weighted by molar-refractivity contribution is 0.0723. The van der Waals surface area contributed by atoms with Gasteiger partial charge < -0.3 is 10.0 Å². The zero-order chi connectivity index (χ0) is 7.14. The first kappa shape index (κ1) is 6.62. The highest BCUT2D eigenvalue weighted by Gasteiger charge is 2.40. The van der Waals surface area contributed by atoms with E-state index >= 15 is 0 Å². The number of aliphatic hydroxyl groups is 1. The molecule has 1 saturated heterocycles. The Hall–Kier alpha value is -0.0800. The fourth-order valence-electron chi connectivity index (χ4n) is 2.43. The van der Waals surface area contributed by atoms with Crippen LogP contribution in [0.1, 0.15) is 19.3 Å². The molecule has 2 nitrogen and oxygen atoms in total. The number of likely N-dealkylation sites (N-methyl/N-ethyl adjacent to an activating group) is 1. The van der Waals surface area contributed by atoms with Crippen LogP contribution in [0.25, 0.3) is 0 Å². The summed E-state index contributed by atoms with van der Waals surface area (Å²) in [6, 6.07) is 0.485. The Morgan fingerprint density at radius 3 is 2.80 bits per heavy atom. The average Bonchev–Trinajstić information content (AvgIpc) is 2.16. The Labute approximate surface area is 61.8 Å². The Kier molecular flexibility index (Phi) is 1.46. The van der Waals surface area contributed by atoms with Crippen molar-refractivity contribution in [2.45, 2.75) is 31.4 Å². The molecular formula is C8H15NO. The van der Waals surface area contributed by atoms with Gasteiger partial charge >= 0.3 is 0 Å². The van der Waals surface area contributed by atoms with Gasteiger partial charge in [0.1, 0.15) is 0 Å². The van der Waals surface area contributed by atoms with Gasteiger partial charge in [-0.3, -0.25) is 0 Å². The molecule has 1 heterocycles. The van der Waals surface area contributed by atoms with E-state index in [1.54, 1.807) is 0 Å². The first-order valence-electron chi connectivity index (χ1n) is 4.17. The molecule has 2 bridgehead atoms. The molecule has 1 saturated carbocycles. The molecule has 1 aliphatic carbocycles. The molecule has 58 valence electrons. The van der Waals surface area contributed by atoms with Crippen LogP contribution in [0.2, 0.25) is 0 Å². The molecule has 1 aliphatic heterocycles. The predicted molar refractivity (Wildman–Crippen MR) is 39.8 cm³/mol. The summed E-state index contributed by atoms with van der Waals surface area (Å²) in [4.78, 5) is 2.31. The van der Waals surface area contributed by atoms with Gasteiger partial charge in [0.15, 0.2) is 0 Å². The molecule has 0 aromatic carbocycles. The molecule has 0 radical (unpaired) electrons. The maximum absolute atomic E-state index is 9.64. The Balaban J connectivity index is 2.14. The molecule has 0 aromatic rings. The minimum absolute atomic E-state index is 0.0150. The summed E-state index contributed by atoms with van der Waals surface area (Å²) < 4.78 is 0. The number of fused-ring (bicyclic) bond motifs is 2. The summed E-state index contributed by atoms with van der Waals surface area (Å²) in [5.74, 6) is 0.587. The first-order chi connectivity index (χ1) is 4.79. The molecule has 0 aromatic heterocycles. The number of hydrogen-bond acceptors (Lipinski definition) is 2. The van der Waals surface area contributed by atoms with E-state index in [0.29, 0.717) is 12.0 Å². The number of rotatable bonds is 0. The predicted octanol–water partition coefficient (Wildman–Crippen LogP) is 0.461. The van der Waals surface area contributed by atoms with Crippen molar-refractivity contribution in [2.75, 3.05) is 13.6 Å². The monoisotopic (exact) mass is 141 g/mol. The number of nitrogens with zero attached hydrogens (tertiary/aromatic N) is 1. The Morgan fingerprint density at radius 1 is 1.40 bits per heavy atom. The second-order valence-corrected chi connectivity index (χ2v) is 3.69. The highest BCUT2D eigenvalue weighted by Crippen LogP contribution is 2.34. The molecule has 10 heavy (non-hydrogen) atoms. The van der Waals surface area contributed by atoms with Gasteiger partial charge in [0.2, 0.25) is 0 Å². The van der Waals surface area contributed by atoms with E-state index in [0.717, 1.165) is 6.54 Å². The summed E-state index contributed by atoms with van der Waals surface area (Å²) in [6.07, 6.45) is 3.74. The Morgan fingerprint density at radius 2 is 2.20 bits per heavy atom. The summed E-state index contributed by atoms with van der Waals surface area (Å²) in [6.45, 7) is 1.12. The van der Waals surface area contributed by atoms with Crippen LogP contribution in [-0.4, -0.2) is 35.7 Å². The maximum Gasteiger partial charge on any atom is 0.0735 e. The van der Waals surface area contributed by atoms with Crippen LogP contribution in [0.5, 0.6) is 0 Å². The van der Waals surface area contributed by atoms with Crippen molar-refractivity contribution >= 4 is 0 Å². The SMILES string of the molecule is CN1CC2CCCC1C2O. The smallest absolute Gasteiger partial charge is 0.0735 e. The minimum Gasteiger partial charge on any atom is -0.391 e. The van der Waals surface area contributed by atoms with E-state index in [-0.39, 0.29) is 6.10 Å². The zero-order valence-electron chi connectivity index (χ0n) is 6.45. The fraction of sp³-hybridized carbons (Fsp3) is 1.00. The van der Waals surface area contributed by atoms with Crippen molar-refractivity contribution < 1.29 is 5.11 Å². The number of hydrogen-bond donors (Lipinski definition) is 1. The molecule has 2 fully saturated rings. The van der Waals surface area contributed by atoms with Gasteiger partial charge in [-0.15, -0.1) is 0 Å². The van der Waals surface area contributed by atoms with Gasteiger partial charge in [0.05, 0.1) is 6.10 Å². The van der Waals surface area contributed by atoms with Crippen molar-refractivity contribution in [3.63, 3.8) is 0 Å². The van der Waals surface area contributed by atoms with E-state index in [4.69, 9.17) is 0 Å². The molecule has 0 amide bonds. The van der Waals surface area contributed by atoms with Crippen molar-refractivity contribution in [1.82, 2.24) is 4.90 Å². The molecule has 0 spiro atoms. The van der Waals surface area contributed by atoms with Gasteiger partial charge in [-0.05, 0) is 25.8 Å². The van der Waals surface area contributed by atoms with Gasteiger partial charge in [0.25, 0.3) is 0 Å². The summed E-state index contributed by atoms with van der Waals surface area (Å²) >= 11 is 0. The summed E-state index contributed by atoms with van der Waals surface area (Å²) in [5, 5.41) is 9.64. The van der Waals surface area contributed by atoms with Crippen molar-refractivity contribution in [1.29, 1.82) is 0 Å². The lowest BCUT2D eigenvalue weighted by Crippen LogP contribution is -2.35. The molecule has 1 N–H and O–H groups in total. The van der Waals surface area contributed by atoms with Crippen LogP contribution in [0.3, 0.4) is 0 Å². The third kappa shape index (κ3) is 0.789. The zero-order valence-corrected chi connectivity index (χ0v) is 6.45. The summed E-state index contributed by atoms with van der Waals surface area (Å²) in [7, 11) is 2.12. The lowest BCUT2D eigenvalue weighted by Gasteiger charge is -2.26. The van der Waals surface area contributed by atoms with Crippen molar-refractivity contribution in [3.05, 3.63) is 0 Å². The largest absolute Gasteiger partial charge is 0.391 e. The van der Waals surface area contributed by atoms with E-state index in [1.807, 2.05) is 0 Å². The highest BCUT2D eigenvalue weighted by molar-refractivity contribution is 4.94. The second-order valence-electron chi connectivity index (χ2n) is 3.69. The van der Waals surface area contributed by atoms with Crippen LogP contribution in [0, 0.1) is 5.92 Å². The fourth-order valence-corrected chi connectivity index (χ4v) is 2.43. The van der Waals surface area contributed by atoms with Gasteiger partial charge in [0, 0.05) is 12.6 Å². The van der Waals surface area contributed by atoms with Crippen LogP contribution < -0.4 is 0 Å². The van der Waals surface area contributed by atoms with Gasteiger partial charge in [-0.1, -0.05) is 6.42 Å². The normalized spacial score (nSPS) is 48.0. The van der Waals surface area contributed by atoms with Gasteiger partial charge in [-0.2, -0.15) is 0 Å². The second kappa shape index (κ2) is 2.21. The quantitative estimate of drug-likeness (QED) is 0.530. The number of likely N-dealkylation sites (tertiary alicyclic amines) is 1. The molecule has 3 unspecified atom stereocenters. The molecule has 3 atom stereocenters. The first-order valence-corrected chi connectivity index (χ1v) is 4.17. The topological polar surface area (TPSA) is 23.5 Å². The van der Waals surface area contributed by atoms with Crippen LogP contribution >= 0.6 is 0 Å². The highest BCUT2D eigenvalue weighted by atomic mass is 16.3. The summed E-state index contributed by atoms with van der Waals surface area (Å²) in [5.41, 5.74) is 0. The van der Waals surface area contributed by atoms with Gasteiger partial charge in [-0.25, -0.2) is 0 Å². The van der Waals surface area contributed by atoms with Crippen LogP contribution in [-0.2, 0) is 0 Å². The average molecular weight is 141 g/mol. The molecule has 2 heteroatoms. The number of aliphatic hydroxyl groups excluding tert-OH is 1. The standard InChI is InChI=1S/C8H15NO/c1-9-5-6-3-2-4-7(9)8(6)10/h6-8,10H,2-5H2,1H3. The lowest BCUT2D eigenvalue weighted by atomic mass is 9.88. The van der Waals surface area contributed by atoms with Crippen LogP contribution in [0.15, 0.2) is 0 Å². The van der Waals surface area contributed by atoms with E-state index in [9.17, 15) is 5.11 Å². The van der Waals surface area contributed by atoms with Crippen LogP contribution in [0.4, 0.5) is 0 Å².